The molecule has 1 aromatic carbocycles. The van der Waals surface area contributed by atoms with Crippen molar-refractivity contribution < 1.29 is 0 Å². The highest BCUT2D eigenvalue weighted by Gasteiger charge is 2.12. The summed E-state index contributed by atoms with van der Waals surface area (Å²) in [7, 11) is 0. The van der Waals surface area contributed by atoms with Gasteiger partial charge in [-0.05, 0) is 36.0 Å². The number of aromatic nitrogens is 1. The maximum absolute atomic E-state index is 4.73. The molecular formula is C18H23N. The molecule has 2 aromatic rings. The number of aryl methyl sites for hydroxylation is 1. The molecule has 0 aliphatic rings. The van der Waals surface area contributed by atoms with Crippen molar-refractivity contribution in [1.82, 2.24) is 4.98 Å². The van der Waals surface area contributed by atoms with E-state index in [4.69, 9.17) is 4.98 Å². The molecule has 2 rings (SSSR count). The number of rotatable bonds is 3. The van der Waals surface area contributed by atoms with Crippen LogP contribution in [0.25, 0.3) is 11.3 Å². The predicted molar refractivity (Wildman–Crippen MR) is 82.6 cm³/mol. The van der Waals surface area contributed by atoms with Gasteiger partial charge in [-0.3, -0.25) is 4.98 Å². The number of nitrogens with zero attached hydrogens (tertiary/aromatic N) is 1. The zero-order valence-electron chi connectivity index (χ0n) is 12.6. The van der Waals surface area contributed by atoms with Gasteiger partial charge in [-0.1, -0.05) is 57.5 Å². The lowest BCUT2D eigenvalue weighted by molar-refractivity contribution is 0.823. The van der Waals surface area contributed by atoms with E-state index in [1.807, 2.05) is 6.20 Å². The summed E-state index contributed by atoms with van der Waals surface area (Å²) in [6.07, 6.45) is 2.02. The highest BCUT2D eigenvalue weighted by molar-refractivity contribution is 5.65. The second kappa shape index (κ2) is 5.56. The van der Waals surface area contributed by atoms with Gasteiger partial charge in [0.1, 0.15) is 0 Å². The fourth-order valence-electron chi connectivity index (χ4n) is 2.29. The number of benzene rings is 1. The zero-order valence-corrected chi connectivity index (χ0v) is 12.6. The van der Waals surface area contributed by atoms with Crippen LogP contribution in [0.5, 0.6) is 0 Å². The first-order chi connectivity index (χ1) is 8.99. The van der Waals surface area contributed by atoms with Gasteiger partial charge in [0, 0.05) is 11.8 Å². The van der Waals surface area contributed by atoms with Gasteiger partial charge in [0.25, 0.3) is 0 Å². The third-order valence-electron chi connectivity index (χ3n) is 3.52. The summed E-state index contributed by atoms with van der Waals surface area (Å²) < 4.78 is 0. The molecule has 0 unspecified atom stereocenters. The van der Waals surface area contributed by atoms with E-state index in [1.165, 1.54) is 22.3 Å². The first-order valence-corrected chi connectivity index (χ1v) is 7.06. The highest BCUT2D eigenvalue weighted by Crippen LogP contribution is 2.30. The molecule has 1 heterocycles. The molecular weight excluding hydrogens is 230 g/mol. The normalized spacial score (nSPS) is 11.3. The van der Waals surface area contributed by atoms with E-state index in [0.29, 0.717) is 11.8 Å². The molecule has 1 nitrogen and oxygen atoms in total. The van der Waals surface area contributed by atoms with E-state index < -0.39 is 0 Å². The average molecular weight is 253 g/mol. The molecule has 0 fully saturated rings. The SMILES string of the molecule is Cc1cccc(-c2ncc(C(C)C)cc2C(C)C)c1. The Hall–Kier alpha value is -1.63. The summed E-state index contributed by atoms with van der Waals surface area (Å²) in [5.74, 6) is 1.01. The fraction of sp³-hybridized carbons (Fsp3) is 0.389. The summed E-state index contributed by atoms with van der Waals surface area (Å²) >= 11 is 0. The molecule has 1 aromatic heterocycles. The van der Waals surface area contributed by atoms with Gasteiger partial charge >= 0.3 is 0 Å². The Labute approximate surface area is 116 Å². The monoisotopic (exact) mass is 253 g/mol. The van der Waals surface area contributed by atoms with Crippen molar-refractivity contribution in [2.45, 2.75) is 46.5 Å². The maximum Gasteiger partial charge on any atom is 0.0736 e. The van der Waals surface area contributed by atoms with E-state index >= 15 is 0 Å². The molecule has 0 atom stereocenters. The van der Waals surface area contributed by atoms with E-state index in [2.05, 4.69) is 65.0 Å². The van der Waals surface area contributed by atoms with Crippen molar-refractivity contribution in [3.63, 3.8) is 0 Å². The third-order valence-corrected chi connectivity index (χ3v) is 3.52. The summed E-state index contributed by atoms with van der Waals surface area (Å²) in [5, 5.41) is 0. The largest absolute Gasteiger partial charge is 0.256 e. The first kappa shape index (κ1) is 13.8. The number of hydrogen-bond donors (Lipinski definition) is 0. The van der Waals surface area contributed by atoms with Gasteiger partial charge in [0.05, 0.1) is 5.69 Å². The van der Waals surface area contributed by atoms with E-state index in [1.54, 1.807) is 0 Å². The number of hydrogen-bond acceptors (Lipinski definition) is 1. The molecule has 0 saturated heterocycles. The van der Waals surface area contributed by atoms with Crippen LogP contribution in [0, 0.1) is 6.92 Å². The van der Waals surface area contributed by atoms with Crippen LogP contribution in [0.4, 0.5) is 0 Å². The molecule has 100 valence electrons. The Morgan fingerprint density at radius 1 is 0.947 bits per heavy atom. The number of pyridine rings is 1. The van der Waals surface area contributed by atoms with E-state index in [0.717, 1.165) is 5.69 Å². The molecule has 19 heavy (non-hydrogen) atoms. The van der Waals surface area contributed by atoms with Crippen LogP contribution in [-0.4, -0.2) is 4.98 Å². The third kappa shape index (κ3) is 3.04. The van der Waals surface area contributed by atoms with Crippen molar-refractivity contribution in [3.05, 3.63) is 53.2 Å². The van der Waals surface area contributed by atoms with Crippen LogP contribution >= 0.6 is 0 Å². The second-order valence-electron chi connectivity index (χ2n) is 5.89. The van der Waals surface area contributed by atoms with E-state index in [-0.39, 0.29) is 0 Å². The van der Waals surface area contributed by atoms with Crippen molar-refractivity contribution in [3.8, 4) is 11.3 Å². The molecule has 0 radical (unpaired) electrons. The molecule has 0 saturated carbocycles. The fourth-order valence-corrected chi connectivity index (χ4v) is 2.29. The topological polar surface area (TPSA) is 12.9 Å². The van der Waals surface area contributed by atoms with Crippen LogP contribution in [-0.2, 0) is 0 Å². The van der Waals surface area contributed by atoms with Crippen LogP contribution < -0.4 is 0 Å². The summed E-state index contributed by atoms with van der Waals surface area (Å²) in [6, 6.07) is 10.9. The standard InChI is InChI=1S/C18H23N/c1-12(2)16-10-17(13(3)4)18(19-11-16)15-8-6-7-14(5)9-15/h6-13H,1-5H3. The molecule has 0 amide bonds. The predicted octanol–water partition coefficient (Wildman–Crippen LogP) is 5.30. The van der Waals surface area contributed by atoms with Crippen molar-refractivity contribution in [1.29, 1.82) is 0 Å². The lowest BCUT2D eigenvalue weighted by Gasteiger charge is -2.15. The molecule has 0 N–H and O–H groups in total. The van der Waals surface area contributed by atoms with Crippen LogP contribution in [0.2, 0.25) is 0 Å². The smallest absolute Gasteiger partial charge is 0.0736 e. The van der Waals surface area contributed by atoms with Crippen LogP contribution in [0.3, 0.4) is 0 Å². The van der Waals surface area contributed by atoms with Crippen molar-refractivity contribution >= 4 is 0 Å². The summed E-state index contributed by atoms with van der Waals surface area (Å²) in [5.41, 5.74) is 6.29. The van der Waals surface area contributed by atoms with Gasteiger partial charge in [-0.2, -0.15) is 0 Å². The molecule has 1 heteroatoms. The average Bonchev–Trinajstić information content (AvgIpc) is 2.37. The van der Waals surface area contributed by atoms with Gasteiger partial charge in [0.2, 0.25) is 0 Å². The van der Waals surface area contributed by atoms with Crippen molar-refractivity contribution in [2.75, 3.05) is 0 Å². The quantitative estimate of drug-likeness (QED) is 0.723. The molecule has 0 aliphatic carbocycles. The lowest BCUT2D eigenvalue weighted by Crippen LogP contribution is -1.99. The molecule has 0 bridgehead atoms. The Balaban J connectivity index is 2.57. The van der Waals surface area contributed by atoms with Crippen LogP contribution in [0.15, 0.2) is 36.5 Å². The van der Waals surface area contributed by atoms with Gasteiger partial charge < -0.3 is 0 Å². The minimum absolute atomic E-state index is 0.488. The van der Waals surface area contributed by atoms with Crippen molar-refractivity contribution in [2.24, 2.45) is 0 Å². The minimum Gasteiger partial charge on any atom is -0.256 e. The zero-order chi connectivity index (χ0) is 14.0. The highest BCUT2D eigenvalue weighted by atomic mass is 14.7. The first-order valence-electron chi connectivity index (χ1n) is 7.06. The Morgan fingerprint density at radius 2 is 1.68 bits per heavy atom. The van der Waals surface area contributed by atoms with E-state index in [9.17, 15) is 0 Å². The Kier molecular flexibility index (Phi) is 4.04. The Bertz CT molecular complexity index is 568. The molecule has 0 spiro atoms. The Morgan fingerprint density at radius 3 is 2.26 bits per heavy atom. The van der Waals surface area contributed by atoms with Crippen LogP contribution in [0.1, 0.15) is 56.2 Å². The summed E-state index contributed by atoms with van der Waals surface area (Å²) in [4.78, 5) is 4.73. The van der Waals surface area contributed by atoms with Gasteiger partial charge in [-0.25, -0.2) is 0 Å². The minimum atomic E-state index is 0.488. The maximum atomic E-state index is 4.73. The lowest BCUT2D eigenvalue weighted by atomic mass is 9.93. The molecule has 0 aliphatic heterocycles. The second-order valence-corrected chi connectivity index (χ2v) is 5.89. The van der Waals surface area contributed by atoms with Gasteiger partial charge in [-0.15, -0.1) is 0 Å². The summed E-state index contributed by atoms with van der Waals surface area (Å²) in [6.45, 7) is 11.0. The van der Waals surface area contributed by atoms with Gasteiger partial charge in [0.15, 0.2) is 0 Å².